The zero-order valence-corrected chi connectivity index (χ0v) is 7.43. The lowest BCUT2D eigenvalue weighted by Gasteiger charge is -2.06. The summed E-state index contributed by atoms with van der Waals surface area (Å²) in [5, 5.41) is 0. The summed E-state index contributed by atoms with van der Waals surface area (Å²) in [5.41, 5.74) is 5.85. The van der Waals surface area contributed by atoms with Gasteiger partial charge in [0.05, 0.1) is 7.11 Å². The van der Waals surface area contributed by atoms with Gasteiger partial charge in [-0.15, -0.1) is 0 Å². The number of methoxy groups -OCH3 is 1. The molecule has 0 heterocycles. The maximum Gasteiger partial charge on any atom is 0.249 e. The molecule has 1 aromatic carbocycles. The second kappa shape index (κ2) is 3.43. The van der Waals surface area contributed by atoms with E-state index in [9.17, 15) is 9.18 Å². The molecule has 0 spiro atoms. The number of hydrogen-bond acceptors (Lipinski definition) is 2. The van der Waals surface area contributed by atoms with E-state index in [1.807, 2.05) is 0 Å². The minimum Gasteiger partial charge on any atom is -0.494 e. The quantitative estimate of drug-likeness (QED) is 0.750. The van der Waals surface area contributed by atoms with Gasteiger partial charge in [0.15, 0.2) is 11.6 Å². The predicted molar refractivity (Wildman–Crippen MR) is 46.2 cm³/mol. The zero-order chi connectivity index (χ0) is 10.0. The molecule has 0 bridgehead atoms. The molecule has 1 amide bonds. The predicted octanol–water partition coefficient (Wildman–Crippen LogP) is 1.24. The van der Waals surface area contributed by atoms with Gasteiger partial charge in [-0.25, -0.2) is 4.39 Å². The second-order valence-electron chi connectivity index (χ2n) is 2.67. The van der Waals surface area contributed by atoms with E-state index in [0.717, 1.165) is 0 Å². The first-order chi connectivity index (χ1) is 6.06. The van der Waals surface area contributed by atoms with Gasteiger partial charge in [-0.1, -0.05) is 0 Å². The smallest absolute Gasteiger partial charge is 0.249 e. The summed E-state index contributed by atoms with van der Waals surface area (Å²) in [4.78, 5) is 10.8. The Labute approximate surface area is 75.3 Å². The summed E-state index contributed by atoms with van der Waals surface area (Å²) in [5.74, 6) is -1.06. The van der Waals surface area contributed by atoms with Crippen LogP contribution < -0.4 is 10.5 Å². The summed E-state index contributed by atoms with van der Waals surface area (Å²) in [6.07, 6.45) is 0. The Morgan fingerprint density at radius 3 is 2.62 bits per heavy atom. The average Bonchev–Trinajstić information content (AvgIpc) is 2.03. The molecule has 0 unspecified atom stereocenters. The highest BCUT2D eigenvalue weighted by atomic mass is 19.1. The van der Waals surface area contributed by atoms with Crippen LogP contribution in [0.15, 0.2) is 12.1 Å². The Hall–Kier alpha value is -1.58. The molecule has 1 rings (SSSR count). The molecule has 0 radical (unpaired) electrons. The number of nitrogens with two attached hydrogens (primary N) is 1. The van der Waals surface area contributed by atoms with Crippen LogP contribution in [0.5, 0.6) is 5.75 Å². The molecule has 13 heavy (non-hydrogen) atoms. The molecule has 3 nitrogen and oxygen atoms in total. The highest BCUT2D eigenvalue weighted by molar-refractivity contribution is 5.94. The number of carbonyl (C=O) groups is 1. The lowest BCUT2D eigenvalue weighted by molar-refractivity contribution is 0.0999. The molecule has 0 aliphatic carbocycles. The minimum absolute atomic E-state index is 0.0272. The molecule has 0 aliphatic heterocycles. The number of halogens is 1. The first kappa shape index (κ1) is 9.51. The number of ether oxygens (including phenoxy) is 1. The van der Waals surface area contributed by atoms with E-state index in [2.05, 4.69) is 0 Å². The highest BCUT2D eigenvalue weighted by Gasteiger charge is 2.10. The molecule has 0 fully saturated rings. The first-order valence-corrected chi connectivity index (χ1v) is 3.70. The SMILES string of the molecule is COc1cc(C(N)=O)c(C)cc1F. The van der Waals surface area contributed by atoms with Crippen molar-refractivity contribution in [2.45, 2.75) is 6.92 Å². The van der Waals surface area contributed by atoms with E-state index in [4.69, 9.17) is 10.5 Å². The van der Waals surface area contributed by atoms with Gasteiger partial charge in [0.1, 0.15) is 0 Å². The second-order valence-corrected chi connectivity index (χ2v) is 2.67. The molecule has 2 N–H and O–H groups in total. The maximum atomic E-state index is 13.0. The maximum absolute atomic E-state index is 13.0. The van der Waals surface area contributed by atoms with Crippen LogP contribution in [0.2, 0.25) is 0 Å². The molecule has 0 saturated heterocycles. The van der Waals surface area contributed by atoms with Crippen molar-refractivity contribution in [3.05, 3.63) is 29.1 Å². The van der Waals surface area contributed by atoms with E-state index in [-0.39, 0.29) is 11.3 Å². The van der Waals surface area contributed by atoms with Crippen molar-refractivity contribution >= 4 is 5.91 Å². The Bertz CT molecular complexity index is 350. The van der Waals surface area contributed by atoms with Gasteiger partial charge < -0.3 is 10.5 Å². The third-order valence-corrected chi connectivity index (χ3v) is 1.76. The summed E-state index contributed by atoms with van der Waals surface area (Å²) in [6, 6.07) is 2.52. The number of benzene rings is 1. The lowest BCUT2D eigenvalue weighted by atomic mass is 10.1. The van der Waals surface area contributed by atoms with Crippen LogP contribution in [-0.4, -0.2) is 13.0 Å². The zero-order valence-electron chi connectivity index (χ0n) is 7.43. The van der Waals surface area contributed by atoms with E-state index in [1.54, 1.807) is 6.92 Å². The third-order valence-electron chi connectivity index (χ3n) is 1.76. The van der Waals surface area contributed by atoms with Crippen molar-refractivity contribution in [2.75, 3.05) is 7.11 Å². The molecule has 0 atom stereocenters. The molecule has 0 aliphatic rings. The summed E-state index contributed by atoms with van der Waals surface area (Å²) in [6.45, 7) is 1.61. The van der Waals surface area contributed by atoms with Gasteiger partial charge in [0.2, 0.25) is 5.91 Å². The summed E-state index contributed by atoms with van der Waals surface area (Å²) < 4.78 is 17.7. The van der Waals surface area contributed by atoms with Crippen molar-refractivity contribution in [2.24, 2.45) is 5.73 Å². The lowest BCUT2D eigenvalue weighted by Crippen LogP contribution is -2.13. The molecule has 4 heteroatoms. The number of rotatable bonds is 2. The fourth-order valence-corrected chi connectivity index (χ4v) is 1.07. The van der Waals surface area contributed by atoms with Gasteiger partial charge in [0.25, 0.3) is 0 Å². The summed E-state index contributed by atoms with van der Waals surface area (Å²) in [7, 11) is 1.33. The van der Waals surface area contributed by atoms with Crippen LogP contribution in [0.25, 0.3) is 0 Å². The van der Waals surface area contributed by atoms with Gasteiger partial charge in [-0.05, 0) is 24.6 Å². The molecule has 0 aromatic heterocycles. The molecule has 70 valence electrons. The van der Waals surface area contributed by atoms with E-state index >= 15 is 0 Å². The fourth-order valence-electron chi connectivity index (χ4n) is 1.07. The minimum atomic E-state index is -0.587. The van der Waals surface area contributed by atoms with Gasteiger partial charge in [0, 0.05) is 5.56 Å². The van der Waals surface area contributed by atoms with Crippen LogP contribution in [-0.2, 0) is 0 Å². The van der Waals surface area contributed by atoms with E-state index in [1.165, 1.54) is 19.2 Å². The Morgan fingerprint density at radius 2 is 2.15 bits per heavy atom. The monoisotopic (exact) mass is 183 g/mol. The van der Waals surface area contributed by atoms with E-state index < -0.39 is 11.7 Å². The fraction of sp³-hybridized carbons (Fsp3) is 0.222. The number of aryl methyl sites for hydroxylation is 1. The molecular formula is C9H10FNO2. The van der Waals surface area contributed by atoms with Crippen molar-refractivity contribution in [1.29, 1.82) is 0 Å². The average molecular weight is 183 g/mol. The van der Waals surface area contributed by atoms with Gasteiger partial charge in [-0.2, -0.15) is 0 Å². The van der Waals surface area contributed by atoms with Crippen molar-refractivity contribution in [3.8, 4) is 5.75 Å². The van der Waals surface area contributed by atoms with Gasteiger partial charge >= 0.3 is 0 Å². The largest absolute Gasteiger partial charge is 0.494 e. The van der Waals surface area contributed by atoms with Crippen LogP contribution in [0, 0.1) is 12.7 Å². The van der Waals surface area contributed by atoms with Crippen LogP contribution >= 0.6 is 0 Å². The normalized spacial score (nSPS) is 9.77. The van der Waals surface area contributed by atoms with E-state index in [0.29, 0.717) is 5.56 Å². The number of primary amides is 1. The standard InChI is InChI=1S/C9H10FNO2/c1-5-3-7(10)8(13-2)4-6(5)9(11)12/h3-4H,1-2H3,(H2,11,12). The highest BCUT2D eigenvalue weighted by Crippen LogP contribution is 2.21. The van der Waals surface area contributed by atoms with Crippen molar-refractivity contribution in [1.82, 2.24) is 0 Å². The number of hydrogen-bond donors (Lipinski definition) is 1. The van der Waals surface area contributed by atoms with Crippen LogP contribution in [0.4, 0.5) is 4.39 Å². The number of carbonyl (C=O) groups excluding carboxylic acids is 1. The molecule has 0 saturated carbocycles. The third kappa shape index (κ3) is 1.77. The van der Waals surface area contributed by atoms with Crippen molar-refractivity contribution in [3.63, 3.8) is 0 Å². The van der Waals surface area contributed by atoms with Crippen LogP contribution in [0.1, 0.15) is 15.9 Å². The Balaban J connectivity index is 3.30. The Kier molecular flexibility index (Phi) is 2.51. The topological polar surface area (TPSA) is 52.3 Å². The molecular weight excluding hydrogens is 173 g/mol. The van der Waals surface area contributed by atoms with Gasteiger partial charge in [-0.3, -0.25) is 4.79 Å². The first-order valence-electron chi connectivity index (χ1n) is 3.70. The van der Waals surface area contributed by atoms with Crippen molar-refractivity contribution < 1.29 is 13.9 Å². The summed E-state index contributed by atoms with van der Waals surface area (Å²) >= 11 is 0. The Morgan fingerprint density at radius 1 is 1.54 bits per heavy atom. The van der Waals surface area contributed by atoms with Crippen LogP contribution in [0.3, 0.4) is 0 Å². The number of amides is 1. The molecule has 1 aromatic rings.